The number of methoxy groups -OCH3 is 1. The van der Waals surface area contributed by atoms with Crippen LogP contribution in [0.25, 0.3) is 0 Å². The molecule has 0 aromatic heterocycles. The fourth-order valence-corrected chi connectivity index (χ4v) is 8.81. The molecule has 0 spiro atoms. The van der Waals surface area contributed by atoms with Gasteiger partial charge in [0.15, 0.2) is 0 Å². The van der Waals surface area contributed by atoms with Gasteiger partial charge in [0.2, 0.25) is 5.91 Å². The van der Waals surface area contributed by atoms with Crippen molar-refractivity contribution in [2.45, 2.75) is 91.4 Å². The van der Waals surface area contributed by atoms with Gasteiger partial charge in [0.1, 0.15) is 0 Å². The molecule has 0 unspecified atom stereocenters. The number of fused-ring (bicyclic) bond motifs is 5. The highest BCUT2D eigenvalue weighted by atomic mass is 16.5. The van der Waals surface area contributed by atoms with Gasteiger partial charge in [0.25, 0.3) is 0 Å². The van der Waals surface area contributed by atoms with Crippen LogP contribution in [0.5, 0.6) is 0 Å². The molecule has 3 saturated carbocycles. The van der Waals surface area contributed by atoms with Crippen LogP contribution in [-0.2, 0) is 14.3 Å². The van der Waals surface area contributed by atoms with Crippen molar-refractivity contribution in [3.63, 3.8) is 0 Å². The average Bonchev–Trinajstić information content (AvgIpc) is 3.00. The summed E-state index contributed by atoms with van der Waals surface area (Å²) in [6, 6.07) is 0. The van der Waals surface area contributed by atoms with Gasteiger partial charge in [-0.15, -0.1) is 0 Å². The van der Waals surface area contributed by atoms with Gasteiger partial charge in [-0.1, -0.05) is 20.8 Å². The lowest BCUT2D eigenvalue weighted by atomic mass is 9.46. The lowest BCUT2D eigenvalue weighted by Gasteiger charge is -2.59. The van der Waals surface area contributed by atoms with Crippen molar-refractivity contribution >= 4 is 11.9 Å². The summed E-state index contributed by atoms with van der Waals surface area (Å²) in [4.78, 5) is 23.6. The molecule has 1 saturated heterocycles. The quantitative estimate of drug-likeness (QED) is 0.613. The molecular weight excluding hydrogens is 374 g/mol. The van der Waals surface area contributed by atoms with Crippen LogP contribution in [0.15, 0.2) is 0 Å². The average molecular weight is 418 g/mol. The second-order valence-electron chi connectivity index (χ2n) is 11.6. The van der Waals surface area contributed by atoms with E-state index in [0.29, 0.717) is 29.1 Å². The molecule has 0 bridgehead atoms. The van der Waals surface area contributed by atoms with Crippen LogP contribution < -0.4 is 5.32 Å². The zero-order valence-corrected chi connectivity index (χ0v) is 19.7. The summed E-state index contributed by atoms with van der Waals surface area (Å²) in [6.07, 6.45) is 12.6. The number of amides is 1. The van der Waals surface area contributed by atoms with Crippen LogP contribution in [0.2, 0.25) is 0 Å². The number of ether oxygens (including phenoxy) is 1. The molecule has 4 nitrogen and oxygen atoms in total. The van der Waals surface area contributed by atoms with E-state index in [1.807, 2.05) is 0 Å². The zero-order chi connectivity index (χ0) is 21.5. The van der Waals surface area contributed by atoms with Crippen LogP contribution in [0, 0.1) is 46.3 Å². The van der Waals surface area contributed by atoms with Crippen molar-refractivity contribution in [2.75, 3.05) is 13.7 Å². The summed E-state index contributed by atoms with van der Waals surface area (Å²) < 4.78 is 4.83. The van der Waals surface area contributed by atoms with E-state index in [1.165, 1.54) is 45.6 Å². The Morgan fingerprint density at radius 1 is 1.10 bits per heavy atom. The first-order valence-corrected chi connectivity index (χ1v) is 12.6. The van der Waals surface area contributed by atoms with Gasteiger partial charge >= 0.3 is 5.97 Å². The molecule has 0 aromatic rings. The van der Waals surface area contributed by atoms with Gasteiger partial charge in [0, 0.05) is 19.4 Å². The number of hydrogen-bond acceptors (Lipinski definition) is 3. The van der Waals surface area contributed by atoms with E-state index in [-0.39, 0.29) is 11.9 Å². The third-order valence-corrected chi connectivity index (χ3v) is 10.5. The summed E-state index contributed by atoms with van der Waals surface area (Å²) in [7, 11) is 1.49. The van der Waals surface area contributed by atoms with Gasteiger partial charge in [-0.05, 0) is 104 Å². The normalized spacial score (nSPS) is 44.1. The largest absolute Gasteiger partial charge is 0.469 e. The van der Waals surface area contributed by atoms with E-state index >= 15 is 0 Å². The van der Waals surface area contributed by atoms with Gasteiger partial charge < -0.3 is 10.1 Å². The predicted molar refractivity (Wildman–Crippen MR) is 119 cm³/mol. The predicted octanol–water partition coefficient (Wildman–Crippen LogP) is 5.35. The Bertz CT molecular complexity index is 663. The third-order valence-electron chi connectivity index (χ3n) is 10.5. The summed E-state index contributed by atoms with van der Waals surface area (Å²) in [5, 5.41) is 3.20. The molecule has 0 aromatic carbocycles. The van der Waals surface area contributed by atoms with Crippen molar-refractivity contribution in [3.05, 3.63) is 0 Å². The van der Waals surface area contributed by atoms with Crippen LogP contribution in [0.4, 0.5) is 0 Å². The Morgan fingerprint density at radius 2 is 1.87 bits per heavy atom. The summed E-state index contributed by atoms with van der Waals surface area (Å²) >= 11 is 0. The molecule has 8 atom stereocenters. The van der Waals surface area contributed by atoms with Crippen molar-refractivity contribution in [3.8, 4) is 0 Å². The highest BCUT2D eigenvalue weighted by Crippen LogP contribution is 2.67. The number of carbonyl (C=O) groups is 2. The Labute approximate surface area is 183 Å². The van der Waals surface area contributed by atoms with Gasteiger partial charge in [0.05, 0.1) is 7.11 Å². The number of carbonyl (C=O) groups excluding carboxylic acids is 2. The molecule has 0 radical (unpaired) electrons. The standard InChI is InChI=1S/C26H43NO3/c1-17(6-5-7-24(29)30-4)20-10-11-21-19-9-8-18-16-27-23(28)13-15-25(18,2)22(19)12-14-26(20,21)3/h17-22H,5-16H2,1-4H3,(H,27,28)/t17-,18-,19+,20-,21+,22+,25+,26-/m1/s1. The number of nitrogens with one attached hydrogen (secondary N) is 1. The number of hydrogen-bond donors (Lipinski definition) is 1. The molecule has 4 heteroatoms. The van der Waals surface area contributed by atoms with Gasteiger partial charge in [-0.25, -0.2) is 0 Å². The fourth-order valence-electron chi connectivity index (χ4n) is 8.81. The highest BCUT2D eigenvalue weighted by Gasteiger charge is 2.60. The van der Waals surface area contributed by atoms with Crippen LogP contribution in [0.1, 0.15) is 91.4 Å². The maximum absolute atomic E-state index is 12.1. The molecule has 3 aliphatic carbocycles. The molecule has 1 N–H and O–H groups in total. The van der Waals surface area contributed by atoms with Gasteiger partial charge in [-0.3, -0.25) is 9.59 Å². The molecule has 4 rings (SSSR count). The van der Waals surface area contributed by atoms with Gasteiger partial charge in [-0.2, -0.15) is 0 Å². The molecule has 30 heavy (non-hydrogen) atoms. The minimum absolute atomic E-state index is 0.0698. The summed E-state index contributed by atoms with van der Waals surface area (Å²) in [5.74, 6) is 4.86. The van der Waals surface area contributed by atoms with E-state index in [9.17, 15) is 9.59 Å². The maximum atomic E-state index is 12.1. The molecule has 4 fully saturated rings. The van der Waals surface area contributed by atoms with Crippen LogP contribution in [0.3, 0.4) is 0 Å². The number of esters is 1. The molecule has 1 aliphatic heterocycles. The van der Waals surface area contributed by atoms with Crippen LogP contribution in [-0.4, -0.2) is 25.5 Å². The molecular formula is C26H43NO3. The zero-order valence-electron chi connectivity index (χ0n) is 19.7. The van der Waals surface area contributed by atoms with Crippen molar-refractivity contribution in [1.82, 2.24) is 5.32 Å². The monoisotopic (exact) mass is 417 g/mol. The summed E-state index contributed by atoms with van der Waals surface area (Å²) in [5.41, 5.74) is 0.807. The van der Waals surface area contributed by atoms with E-state index in [0.717, 1.165) is 55.9 Å². The van der Waals surface area contributed by atoms with Crippen molar-refractivity contribution < 1.29 is 14.3 Å². The first-order valence-electron chi connectivity index (χ1n) is 12.6. The maximum Gasteiger partial charge on any atom is 0.305 e. The van der Waals surface area contributed by atoms with Crippen LogP contribution >= 0.6 is 0 Å². The molecule has 4 aliphatic rings. The highest BCUT2D eigenvalue weighted by molar-refractivity contribution is 5.76. The Hall–Kier alpha value is -1.06. The second-order valence-corrected chi connectivity index (χ2v) is 11.6. The van der Waals surface area contributed by atoms with E-state index in [2.05, 4.69) is 26.1 Å². The third kappa shape index (κ3) is 3.71. The lowest BCUT2D eigenvalue weighted by molar-refractivity contribution is -0.140. The summed E-state index contributed by atoms with van der Waals surface area (Å²) in [6.45, 7) is 8.47. The number of rotatable bonds is 5. The topological polar surface area (TPSA) is 55.4 Å². The first-order chi connectivity index (χ1) is 14.3. The Morgan fingerprint density at radius 3 is 2.63 bits per heavy atom. The molecule has 1 amide bonds. The van der Waals surface area contributed by atoms with Crippen molar-refractivity contribution in [1.29, 1.82) is 0 Å². The molecule has 1 heterocycles. The van der Waals surface area contributed by atoms with Crippen molar-refractivity contribution in [2.24, 2.45) is 46.3 Å². The fraction of sp³-hybridized carbons (Fsp3) is 0.923. The second kappa shape index (κ2) is 8.47. The minimum Gasteiger partial charge on any atom is -0.469 e. The Kier molecular flexibility index (Phi) is 6.25. The van der Waals surface area contributed by atoms with E-state index in [1.54, 1.807) is 0 Å². The minimum atomic E-state index is -0.0698. The first kappa shape index (κ1) is 22.1. The smallest absolute Gasteiger partial charge is 0.305 e. The lowest BCUT2D eigenvalue weighted by Crippen LogP contribution is -2.53. The van der Waals surface area contributed by atoms with E-state index < -0.39 is 0 Å². The Balaban J connectivity index is 1.45. The SMILES string of the molecule is COC(=O)CCC[C@@H](C)[C@H]1CC[C@H]2[C@@H]3CC[C@@H]4CNC(=O)CC[C@]4(C)[C@H]3CC[C@]12C. The van der Waals surface area contributed by atoms with E-state index in [4.69, 9.17) is 4.74 Å². The molecule has 170 valence electrons.